The average molecular weight is 209 g/mol. The molecule has 0 nitrogen and oxygen atoms in total. The summed E-state index contributed by atoms with van der Waals surface area (Å²) in [5.41, 5.74) is -0.598. The number of hydrogen-bond donors (Lipinski definition) is 0. The molecule has 0 spiro atoms. The maximum Gasteiger partial charge on any atom is 0.484 e. The van der Waals surface area contributed by atoms with Crippen LogP contribution < -0.4 is 0 Å². The van der Waals surface area contributed by atoms with Gasteiger partial charge in [0.2, 0.25) is 0 Å². The van der Waals surface area contributed by atoms with Crippen LogP contribution in [0, 0.1) is 0 Å². The lowest BCUT2D eigenvalue weighted by molar-refractivity contribution is 0.00959. The quantitative estimate of drug-likeness (QED) is 0.526. The largest absolute Gasteiger partial charge is 0.484 e. The van der Waals surface area contributed by atoms with Gasteiger partial charge in [0.15, 0.2) is 0 Å². The minimum Gasteiger partial charge on any atom is -0.449 e. The van der Waals surface area contributed by atoms with Crippen LogP contribution in [0.3, 0.4) is 0 Å². The van der Waals surface area contributed by atoms with Gasteiger partial charge < -0.3 is 12.9 Å². The van der Waals surface area contributed by atoms with Crippen molar-refractivity contribution in [2.45, 2.75) is 12.2 Å². The summed E-state index contributed by atoms with van der Waals surface area (Å²) in [5.74, 6) is -3.82. The Hall–Kier alpha value is -1.07. The van der Waals surface area contributed by atoms with Gasteiger partial charge in [-0.05, 0) is 6.32 Å². The maximum atomic E-state index is 12.9. The second-order valence-electron chi connectivity index (χ2n) is 2.98. The van der Waals surface area contributed by atoms with E-state index in [0.717, 1.165) is 12.1 Å². The van der Waals surface area contributed by atoms with Gasteiger partial charge in [-0.1, -0.05) is 30.3 Å². The summed E-state index contributed by atoms with van der Waals surface area (Å²) in [6.45, 7) is -5.48. The lowest BCUT2D eigenvalue weighted by Crippen LogP contribution is -2.26. The van der Waals surface area contributed by atoms with Crippen LogP contribution in [0.25, 0.3) is 0 Å². The third kappa shape index (κ3) is 3.01. The Morgan fingerprint density at radius 2 is 1.50 bits per heavy atom. The minimum absolute atomic E-state index is 0.598. The van der Waals surface area contributed by atoms with E-state index in [1.807, 2.05) is 0 Å². The first-order valence-electron chi connectivity index (χ1n) is 3.96. The molecule has 0 aliphatic rings. The van der Waals surface area contributed by atoms with Crippen LogP contribution in [0.1, 0.15) is 5.56 Å². The predicted molar refractivity (Wildman–Crippen MR) is 44.2 cm³/mol. The Balaban J connectivity index is 2.86. The zero-order chi connectivity index (χ0) is 10.8. The van der Waals surface area contributed by atoms with E-state index < -0.39 is 24.8 Å². The Labute approximate surface area is 77.8 Å². The molecule has 0 unspecified atom stereocenters. The van der Waals surface area contributed by atoms with Gasteiger partial charge in [0.25, 0.3) is 5.92 Å². The fourth-order valence-corrected chi connectivity index (χ4v) is 1.09. The van der Waals surface area contributed by atoms with Gasteiger partial charge >= 0.3 is 6.98 Å². The lowest BCUT2D eigenvalue weighted by atomic mass is 9.80. The van der Waals surface area contributed by atoms with Gasteiger partial charge in [-0.2, -0.15) is 0 Å². The first kappa shape index (κ1) is 11.0. The van der Waals surface area contributed by atoms with Gasteiger partial charge in [0, 0.05) is 5.56 Å². The molecule has 0 radical (unpaired) electrons. The summed E-state index contributed by atoms with van der Waals surface area (Å²) in [4.78, 5) is 0. The molecule has 0 amide bonds. The van der Waals surface area contributed by atoms with Crippen molar-refractivity contribution in [3.63, 3.8) is 0 Å². The lowest BCUT2D eigenvalue weighted by Gasteiger charge is -2.22. The van der Waals surface area contributed by atoms with Gasteiger partial charge in [-0.25, -0.2) is 8.78 Å². The third-order valence-electron chi connectivity index (χ3n) is 1.68. The number of hydrogen-bond acceptors (Lipinski definition) is 0. The van der Waals surface area contributed by atoms with Crippen molar-refractivity contribution in [3.8, 4) is 0 Å². The Kier molecular flexibility index (Phi) is 2.82. The zero-order valence-electron chi connectivity index (χ0n) is 7.06. The molecule has 0 heterocycles. The van der Waals surface area contributed by atoms with Crippen molar-refractivity contribution in [2.24, 2.45) is 0 Å². The molecule has 6 heteroatoms. The zero-order valence-corrected chi connectivity index (χ0v) is 7.06. The van der Waals surface area contributed by atoms with Gasteiger partial charge in [-0.15, -0.1) is 0 Å². The topological polar surface area (TPSA) is 0 Å². The van der Waals surface area contributed by atoms with E-state index in [9.17, 15) is 21.7 Å². The van der Waals surface area contributed by atoms with Crippen molar-refractivity contribution in [1.82, 2.24) is 0 Å². The van der Waals surface area contributed by atoms with Crippen LogP contribution in [0.2, 0.25) is 6.32 Å². The first-order chi connectivity index (χ1) is 6.31. The third-order valence-corrected chi connectivity index (χ3v) is 1.68. The Bertz CT molecular complexity index is 292. The van der Waals surface area contributed by atoms with Gasteiger partial charge in [0.1, 0.15) is 0 Å². The highest BCUT2D eigenvalue weighted by Crippen LogP contribution is 2.37. The van der Waals surface area contributed by atoms with Crippen LogP contribution in [0.5, 0.6) is 0 Å². The molecule has 1 aromatic rings. The van der Waals surface area contributed by atoms with Crippen LogP contribution in [0.4, 0.5) is 21.7 Å². The first-order valence-corrected chi connectivity index (χ1v) is 3.96. The fraction of sp³-hybridized carbons (Fsp3) is 0.250. The van der Waals surface area contributed by atoms with Gasteiger partial charge in [0.05, 0.1) is 0 Å². The van der Waals surface area contributed by atoms with Crippen molar-refractivity contribution in [1.29, 1.82) is 0 Å². The fourth-order valence-electron chi connectivity index (χ4n) is 1.09. The molecule has 1 rings (SSSR count). The molecule has 0 saturated carbocycles. The van der Waals surface area contributed by atoms with E-state index in [4.69, 9.17) is 0 Å². The molecular formula is C8H7BF5-. The second kappa shape index (κ2) is 3.59. The SMILES string of the molecule is F[B-](F)(F)CC(F)(F)c1ccccc1. The molecule has 78 valence electrons. The Morgan fingerprint density at radius 1 is 1.00 bits per heavy atom. The second-order valence-corrected chi connectivity index (χ2v) is 2.98. The molecule has 0 aliphatic heterocycles. The van der Waals surface area contributed by atoms with E-state index >= 15 is 0 Å². The highest BCUT2D eigenvalue weighted by atomic mass is 19.4. The van der Waals surface area contributed by atoms with E-state index in [1.54, 1.807) is 0 Å². The highest BCUT2D eigenvalue weighted by Gasteiger charge is 2.40. The average Bonchev–Trinajstić information content (AvgIpc) is 2.01. The monoisotopic (exact) mass is 209 g/mol. The van der Waals surface area contributed by atoms with Crippen LogP contribution >= 0.6 is 0 Å². The number of benzene rings is 1. The summed E-state index contributed by atoms with van der Waals surface area (Å²) in [6, 6.07) is 6.02. The molecule has 0 aromatic heterocycles. The molecule has 0 bridgehead atoms. The molecule has 1 aromatic carbocycles. The van der Waals surface area contributed by atoms with Crippen molar-refractivity contribution >= 4 is 6.98 Å². The van der Waals surface area contributed by atoms with E-state index in [-0.39, 0.29) is 0 Å². The standard InChI is InChI=1S/C8H7BF5/c10-8(11,6-9(12,13)14)7-4-2-1-3-5-7/h1-5H,6H2/q-1. The summed E-state index contributed by atoms with van der Waals surface area (Å²) < 4.78 is 61.4. The number of rotatable bonds is 3. The molecule has 0 N–H and O–H groups in total. The van der Waals surface area contributed by atoms with E-state index in [2.05, 4.69) is 0 Å². The van der Waals surface area contributed by atoms with E-state index in [1.165, 1.54) is 18.2 Å². The summed E-state index contributed by atoms with van der Waals surface area (Å²) >= 11 is 0. The van der Waals surface area contributed by atoms with Crippen LogP contribution in [-0.4, -0.2) is 6.98 Å². The predicted octanol–water partition coefficient (Wildman–Crippen LogP) is 3.63. The molecule has 0 aliphatic carbocycles. The van der Waals surface area contributed by atoms with Crippen molar-refractivity contribution in [2.75, 3.05) is 0 Å². The molecular weight excluding hydrogens is 202 g/mol. The van der Waals surface area contributed by atoms with E-state index in [0.29, 0.717) is 0 Å². The normalized spacial score (nSPS) is 12.9. The van der Waals surface area contributed by atoms with Crippen LogP contribution in [0.15, 0.2) is 30.3 Å². The maximum absolute atomic E-state index is 12.9. The summed E-state index contributed by atoms with van der Waals surface area (Å²) in [7, 11) is 0. The van der Waals surface area contributed by atoms with Crippen LogP contribution in [-0.2, 0) is 5.92 Å². The summed E-state index contributed by atoms with van der Waals surface area (Å²) in [6.07, 6.45) is -2.06. The number of halogens is 5. The van der Waals surface area contributed by atoms with Gasteiger partial charge in [-0.3, -0.25) is 0 Å². The molecule has 0 fully saturated rings. The Morgan fingerprint density at radius 3 is 1.93 bits per heavy atom. The van der Waals surface area contributed by atoms with Crippen molar-refractivity contribution in [3.05, 3.63) is 35.9 Å². The molecule has 0 saturated heterocycles. The van der Waals surface area contributed by atoms with Crippen molar-refractivity contribution < 1.29 is 21.7 Å². The minimum atomic E-state index is -5.48. The smallest absolute Gasteiger partial charge is 0.449 e. The highest BCUT2D eigenvalue weighted by molar-refractivity contribution is 6.58. The molecule has 14 heavy (non-hydrogen) atoms. The number of alkyl halides is 2. The molecule has 0 atom stereocenters. The summed E-state index contributed by atoms with van der Waals surface area (Å²) in [5, 5.41) is 0.